The first-order chi connectivity index (χ1) is 6.18. The van der Waals surface area contributed by atoms with Crippen LogP contribution in [0.2, 0.25) is 0 Å². The highest BCUT2D eigenvalue weighted by Crippen LogP contribution is 2.25. The first kappa shape index (κ1) is 8.85. The molecule has 3 heteroatoms. The summed E-state index contributed by atoms with van der Waals surface area (Å²) in [4.78, 5) is 13.6. The molecule has 3 nitrogen and oxygen atoms in total. The first-order valence-electron chi connectivity index (χ1n) is 5.25. The molecule has 1 aliphatic heterocycles. The molecule has 2 rings (SSSR count). The van der Waals surface area contributed by atoms with Gasteiger partial charge in [0, 0.05) is 18.6 Å². The minimum absolute atomic E-state index is 0.152. The van der Waals surface area contributed by atoms with E-state index in [-0.39, 0.29) is 6.03 Å². The summed E-state index contributed by atoms with van der Waals surface area (Å²) < 4.78 is 0. The molecule has 13 heavy (non-hydrogen) atoms. The lowest BCUT2D eigenvalue weighted by Crippen LogP contribution is -2.43. The average molecular weight is 182 g/mol. The van der Waals surface area contributed by atoms with E-state index in [4.69, 9.17) is 0 Å². The second kappa shape index (κ2) is 3.20. The van der Waals surface area contributed by atoms with Crippen LogP contribution in [0.5, 0.6) is 0 Å². The predicted molar refractivity (Wildman–Crippen MR) is 51.5 cm³/mol. The Morgan fingerprint density at radius 2 is 2.00 bits per heavy atom. The van der Waals surface area contributed by atoms with Gasteiger partial charge in [-0.15, -0.1) is 0 Å². The fraction of sp³-hybridized carbons (Fsp3) is 0.900. The van der Waals surface area contributed by atoms with Crippen LogP contribution in [0.15, 0.2) is 0 Å². The zero-order valence-corrected chi connectivity index (χ0v) is 8.42. The van der Waals surface area contributed by atoms with Gasteiger partial charge in [0.15, 0.2) is 0 Å². The van der Waals surface area contributed by atoms with Crippen molar-refractivity contribution >= 4 is 6.03 Å². The number of urea groups is 1. The van der Waals surface area contributed by atoms with Crippen LogP contribution in [0.3, 0.4) is 0 Å². The number of hydrogen-bond acceptors (Lipinski definition) is 1. The highest BCUT2D eigenvalue weighted by atomic mass is 16.2. The quantitative estimate of drug-likeness (QED) is 0.656. The van der Waals surface area contributed by atoms with Crippen molar-refractivity contribution in [2.75, 3.05) is 6.54 Å². The fourth-order valence-electron chi connectivity index (χ4n) is 1.87. The Labute approximate surface area is 79.5 Å². The monoisotopic (exact) mass is 182 g/mol. The third kappa shape index (κ3) is 1.79. The van der Waals surface area contributed by atoms with Gasteiger partial charge >= 0.3 is 6.03 Å². The van der Waals surface area contributed by atoms with E-state index in [1.54, 1.807) is 0 Å². The van der Waals surface area contributed by atoms with Crippen molar-refractivity contribution in [3.8, 4) is 0 Å². The van der Waals surface area contributed by atoms with Crippen molar-refractivity contribution in [1.29, 1.82) is 0 Å². The molecule has 2 unspecified atom stereocenters. The topological polar surface area (TPSA) is 32.3 Å². The van der Waals surface area contributed by atoms with Crippen LogP contribution in [0.25, 0.3) is 0 Å². The van der Waals surface area contributed by atoms with Crippen molar-refractivity contribution in [3.05, 3.63) is 0 Å². The molecule has 2 atom stereocenters. The summed E-state index contributed by atoms with van der Waals surface area (Å²) in [5.74, 6) is 0.657. The molecular weight excluding hydrogens is 164 g/mol. The lowest BCUT2D eigenvalue weighted by atomic mass is 10.1. The van der Waals surface area contributed by atoms with Crippen LogP contribution in [0, 0.1) is 5.92 Å². The highest BCUT2D eigenvalue weighted by molar-refractivity contribution is 5.75. The van der Waals surface area contributed by atoms with Gasteiger partial charge < -0.3 is 10.2 Å². The maximum Gasteiger partial charge on any atom is 0.317 e. The maximum atomic E-state index is 11.7. The van der Waals surface area contributed by atoms with Gasteiger partial charge in [-0.25, -0.2) is 4.79 Å². The number of rotatable bonds is 1. The molecule has 1 N–H and O–H groups in total. The summed E-state index contributed by atoms with van der Waals surface area (Å²) in [7, 11) is 0. The van der Waals surface area contributed by atoms with Crippen LogP contribution in [-0.2, 0) is 0 Å². The molecule has 0 aromatic carbocycles. The number of likely N-dealkylation sites (tertiary alicyclic amines) is 1. The van der Waals surface area contributed by atoms with E-state index in [1.807, 2.05) is 4.90 Å². The van der Waals surface area contributed by atoms with E-state index >= 15 is 0 Å². The van der Waals surface area contributed by atoms with Crippen LogP contribution in [-0.4, -0.2) is 29.6 Å². The van der Waals surface area contributed by atoms with E-state index in [1.165, 1.54) is 12.8 Å². The minimum atomic E-state index is 0.152. The molecule has 1 heterocycles. The second-order valence-corrected chi connectivity index (χ2v) is 4.42. The van der Waals surface area contributed by atoms with E-state index in [2.05, 4.69) is 19.2 Å². The van der Waals surface area contributed by atoms with Gasteiger partial charge in [-0.1, -0.05) is 6.92 Å². The van der Waals surface area contributed by atoms with Crippen molar-refractivity contribution in [2.24, 2.45) is 5.92 Å². The van der Waals surface area contributed by atoms with Crippen LogP contribution < -0.4 is 5.32 Å². The first-order valence-corrected chi connectivity index (χ1v) is 5.25. The molecule has 0 aromatic rings. The molecule has 1 saturated heterocycles. The molecule has 2 aliphatic rings. The van der Waals surface area contributed by atoms with Crippen LogP contribution in [0.4, 0.5) is 4.79 Å². The van der Waals surface area contributed by atoms with Crippen molar-refractivity contribution < 1.29 is 4.79 Å². The SMILES string of the molecule is CC1CCN(C(=O)NC2CC2)C1C. The Balaban J connectivity index is 1.88. The van der Waals surface area contributed by atoms with E-state index in [0.29, 0.717) is 18.0 Å². The molecule has 0 radical (unpaired) electrons. The van der Waals surface area contributed by atoms with Crippen molar-refractivity contribution in [1.82, 2.24) is 10.2 Å². The number of carbonyl (C=O) groups excluding carboxylic acids is 1. The van der Waals surface area contributed by atoms with E-state index in [0.717, 1.165) is 13.0 Å². The Hall–Kier alpha value is -0.730. The lowest BCUT2D eigenvalue weighted by molar-refractivity contribution is 0.191. The zero-order chi connectivity index (χ0) is 9.42. The fourth-order valence-corrected chi connectivity index (χ4v) is 1.87. The number of hydrogen-bond donors (Lipinski definition) is 1. The van der Waals surface area contributed by atoms with Crippen molar-refractivity contribution in [3.63, 3.8) is 0 Å². The number of carbonyl (C=O) groups is 1. The van der Waals surface area contributed by atoms with Crippen LogP contribution >= 0.6 is 0 Å². The lowest BCUT2D eigenvalue weighted by Gasteiger charge is -2.23. The highest BCUT2D eigenvalue weighted by Gasteiger charge is 2.33. The molecule has 0 spiro atoms. The van der Waals surface area contributed by atoms with Gasteiger partial charge in [0.2, 0.25) is 0 Å². The Morgan fingerprint density at radius 1 is 1.31 bits per heavy atom. The number of amides is 2. The van der Waals surface area contributed by atoms with Gasteiger partial charge in [-0.3, -0.25) is 0 Å². The summed E-state index contributed by atoms with van der Waals surface area (Å²) in [6.45, 7) is 5.29. The van der Waals surface area contributed by atoms with Crippen LogP contribution in [0.1, 0.15) is 33.1 Å². The predicted octanol–water partition coefficient (Wildman–Crippen LogP) is 1.59. The summed E-state index contributed by atoms with van der Waals surface area (Å²) in [5.41, 5.74) is 0. The molecule has 2 amide bonds. The summed E-state index contributed by atoms with van der Waals surface area (Å²) in [6, 6.07) is 1.05. The summed E-state index contributed by atoms with van der Waals surface area (Å²) >= 11 is 0. The normalized spacial score (nSPS) is 33.5. The van der Waals surface area contributed by atoms with Crippen molar-refractivity contribution in [2.45, 2.75) is 45.2 Å². The summed E-state index contributed by atoms with van der Waals surface area (Å²) in [6.07, 6.45) is 3.49. The Kier molecular flexibility index (Phi) is 2.18. The largest absolute Gasteiger partial charge is 0.335 e. The molecule has 1 aliphatic carbocycles. The van der Waals surface area contributed by atoms with Gasteiger partial charge in [-0.2, -0.15) is 0 Å². The Bertz CT molecular complexity index is 213. The molecule has 0 aromatic heterocycles. The smallest absolute Gasteiger partial charge is 0.317 e. The van der Waals surface area contributed by atoms with Gasteiger partial charge in [0.05, 0.1) is 0 Å². The standard InChI is InChI=1S/C10H18N2O/c1-7-5-6-12(8(7)2)10(13)11-9-3-4-9/h7-9H,3-6H2,1-2H3,(H,11,13). The third-order valence-corrected chi connectivity index (χ3v) is 3.31. The number of nitrogens with zero attached hydrogens (tertiary/aromatic N) is 1. The molecule has 0 bridgehead atoms. The summed E-state index contributed by atoms with van der Waals surface area (Å²) in [5, 5.41) is 3.03. The second-order valence-electron chi connectivity index (χ2n) is 4.42. The van der Waals surface area contributed by atoms with E-state index < -0.39 is 0 Å². The molecule has 2 fully saturated rings. The molecule has 1 saturated carbocycles. The average Bonchev–Trinajstić information content (AvgIpc) is 2.82. The molecular formula is C10H18N2O. The maximum absolute atomic E-state index is 11.7. The van der Waals surface area contributed by atoms with Gasteiger partial charge in [0.25, 0.3) is 0 Å². The number of nitrogens with one attached hydrogen (secondary N) is 1. The third-order valence-electron chi connectivity index (χ3n) is 3.31. The minimum Gasteiger partial charge on any atom is -0.335 e. The molecule has 74 valence electrons. The van der Waals surface area contributed by atoms with E-state index in [9.17, 15) is 4.79 Å². The zero-order valence-electron chi connectivity index (χ0n) is 8.42. The van der Waals surface area contributed by atoms with Gasteiger partial charge in [-0.05, 0) is 32.1 Å². The van der Waals surface area contributed by atoms with Gasteiger partial charge in [0.1, 0.15) is 0 Å². The Morgan fingerprint density at radius 3 is 2.46 bits per heavy atom.